The first-order valence-corrected chi connectivity index (χ1v) is 10.4. The molecule has 2 aromatic carbocycles. The molecule has 0 saturated heterocycles. The van der Waals surface area contributed by atoms with E-state index in [0.717, 1.165) is 11.3 Å². The second-order valence-electron chi connectivity index (χ2n) is 6.59. The summed E-state index contributed by atoms with van der Waals surface area (Å²) >= 11 is 0. The second kappa shape index (κ2) is 11.0. The Morgan fingerprint density at radius 2 is 1.56 bits per heavy atom. The predicted octanol–water partition coefficient (Wildman–Crippen LogP) is 4.12. The molecule has 0 atom stereocenters. The first-order chi connectivity index (χ1) is 15.6. The number of carbonyl (C=O) groups is 1. The molecule has 1 N–H and O–H groups in total. The number of aromatic nitrogens is 2. The Labute approximate surface area is 186 Å². The fraction of sp³-hybridized carbons (Fsp3) is 0.348. The molecule has 1 aromatic heterocycles. The van der Waals surface area contributed by atoms with Gasteiger partial charge in [0.2, 0.25) is 17.5 Å². The first-order valence-electron chi connectivity index (χ1n) is 10.4. The molecule has 0 aliphatic carbocycles. The van der Waals surface area contributed by atoms with Crippen molar-refractivity contribution in [2.45, 2.75) is 27.2 Å². The van der Waals surface area contributed by atoms with Crippen molar-refractivity contribution in [2.75, 3.05) is 32.2 Å². The Kier molecular flexibility index (Phi) is 7.91. The van der Waals surface area contributed by atoms with Gasteiger partial charge in [-0.3, -0.25) is 10.1 Å². The van der Waals surface area contributed by atoms with E-state index in [-0.39, 0.29) is 24.2 Å². The van der Waals surface area contributed by atoms with Gasteiger partial charge in [-0.1, -0.05) is 17.2 Å². The van der Waals surface area contributed by atoms with E-state index in [4.69, 9.17) is 23.4 Å². The van der Waals surface area contributed by atoms with Crippen molar-refractivity contribution in [3.05, 3.63) is 42.0 Å². The van der Waals surface area contributed by atoms with Gasteiger partial charge in [0.1, 0.15) is 5.75 Å². The van der Waals surface area contributed by atoms with Crippen LogP contribution in [0.15, 0.2) is 40.8 Å². The highest BCUT2D eigenvalue weighted by Gasteiger charge is 2.19. The molecule has 3 rings (SSSR count). The minimum absolute atomic E-state index is 0.00307. The van der Waals surface area contributed by atoms with Gasteiger partial charge < -0.3 is 23.4 Å². The van der Waals surface area contributed by atoms with Crippen LogP contribution in [0.1, 0.15) is 26.3 Å². The van der Waals surface area contributed by atoms with Crippen molar-refractivity contribution in [3.8, 4) is 34.5 Å². The summed E-state index contributed by atoms with van der Waals surface area (Å²) in [4.78, 5) is 12.4. The van der Waals surface area contributed by atoms with Crippen LogP contribution < -0.4 is 24.3 Å². The molecule has 170 valence electrons. The summed E-state index contributed by atoms with van der Waals surface area (Å²) in [5, 5.41) is 10.6. The summed E-state index contributed by atoms with van der Waals surface area (Å²) < 4.78 is 27.9. The van der Waals surface area contributed by atoms with Crippen LogP contribution >= 0.6 is 0 Å². The molecule has 0 saturated carbocycles. The molecule has 3 aromatic rings. The summed E-state index contributed by atoms with van der Waals surface area (Å²) in [5.74, 6) is 2.21. The van der Waals surface area contributed by atoms with Crippen molar-refractivity contribution >= 4 is 11.9 Å². The monoisotopic (exact) mass is 441 g/mol. The summed E-state index contributed by atoms with van der Waals surface area (Å²) in [6, 6.07) is 10.7. The third kappa shape index (κ3) is 5.69. The lowest BCUT2D eigenvalue weighted by atomic mass is 10.1. The third-order valence-electron chi connectivity index (χ3n) is 4.35. The number of nitrogens with one attached hydrogen (secondary N) is 1. The van der Waals surface area contributed by atoms with E-state index in [0.29, 0.717) is 42.6 Å². The van der Waals surface area contributed by atoms with Gasteiger partial charge in [-0.2, -0.15) is 0 Å². The lowest BCUT2D eigenvalue weighted by Gasteiger charge is -2.16. The normalized spacial score (nSPS) is 10.5. The van der Waals surface area contributed by atoms with Gasteiger partial charge in [0.05, 0.1) is 33.4 Å². The van der Waals surface area contributed by atoms with Gasteiger partial charge in [-0.05, 0) is 50.6 Å². The summed E-state index contributed by atoms with van der Waals surface area (Å²) in [7, 11) is 1.59. The van der Waals surface area contributed by atoms with Crippen molar-refractivity contribution < 1.29 is 28.2 Å². The van der Waals surface area contributed by atoms with Crippen LogP contribution in [0.3, 0.4) is 0 Å². The lowest BCUT2D eigenvalue weighted by Crippen LogP contribution is -2.14. The molecule has 1 heterocycles. The zero-order valence-corrected chi connectivity index (χ0v) is 18.6. The standard InChI is InChI=1S/C23H27N3O6/c1-5-29-18-13-16(14-19(30-6-2)21(18)31-7-3)22-25-26-23(32-22)24-20(27)12-15-8-10-17(28-4)11-9-15/h8-11,13-14H,5-7,12H2,1-4H3,(H,24,26,27). The van der Waals surface area contributed by atoms with Crippen LogP contribution in [-0.4, -0.2) is 43.0 Å². The van der Waals surface area contributed by atoms with E-state index in [1.807, 2.05) is 32.9 Å². The van der Waals surface area contributed by atoms with Crippen LogP contribution in [0.5, 0.6) is 23.0 Å². The number of hydrogen-bond acceptors (Lipinski definition) is 8. The van der Waals surface area contributed by atoms with Crippen molar-refractivity contribution in [1.29, 1.82) is 0 Å². The van der Waals surface area contributed by atoms with Gasteiger partial charge in [0.25, 0.3) is 0 Å². The minimum Gasteiger partial charge on any atom is -0.497 e. The topological polar surface area (TPSA) is 105 Å². The molecule has 9 nitrogen and oxygen atoms in total. The smallest absolute Gasteiger partial charge is 0.322 e. The molecule has 0 aliphatic heterocycles. The molecule has 1 amide bonds. The van der Waals surface area contributed by atoms with Crippen molar-refractivity contribution in [1.82, 2.24) is 10.2 Å². The number of amides is 1. The van der Waals surface area contributed by atoms with Crippen molar-refractivity contribution in [2.24, 2.45) is 0 Å². The Hall–Kier alpha value is -3.75. The van der Waals surface area contributed by atoms with E-state index >= 15 is 0 Å². The predicted molar refractivity (Wildman–Crippen MR) is 119 cm³/mol. The molecule has 0 fully saturated rings. The zero-order chi connectivity index (χ0) is 22.9. The van der Waals surface area contributed by atoms with E-state index < -0.39 is 0 Å². The van der Waals surface area contributed by atoms with Gasteiger partial charge in [0.15, 0.2) is 11.5 Å². The first kappa shape index (κ1) is 22.9. The second-order valence-corrected chi connectivity index (χ2v) is 6.59. The molecule has 0 radical (unpaired) electrons. The number of hydrogen-bond donors (Lipinski definition) is 1. The van der Waals surface area contributed by atoms with E-state index in [9.17, 15) is 4.79 Å². The van der Waals surface area contributed by atoms with Crippen LogP contribution in [0.2, 0.25) is 0 Å². The number of nitrogens with zero attached hydrogens (tertiary/aromatic N) is 2. The van der Waals surface area contributed by atoms with Gasteiger partial charge >= 0.3 is 6.01 Å². The minimum atomic E-state index is -0.276. The summed E-state index contributed by atoms with van der Waals surface area (Å²) in [5.41, 5.74) is 1.42. The highest BCUT2D eigenvalue weighted by atomic mass is 16.5. The highest BCUT2D eigenvalue weighted by molar-refractivity contribution is 5.90. The fourth-order valence-corrected chi connectivity index (χ4v) is 2.99. The number of carbonyl (C=O) groups excluding carboxylic acids is 1. The lowest BCUT2D eigenvalue weighted by molar-refractivity contribution is -0.115. The van der Waals surface area contributed by atoms with Crippen LogP contribution in [0.4, 0.5) is 6.01 Å². The quantitative estimate of drug-likeness (QED) is 0.474. The van der Waals surface area contributed by atoms with Crippen molar-refractivity contribution in [3.63, 3.8) is 0 Å². The summed E-state index contributed by atoms with van der Waals surface area (Å²) in [6.45, 7) is 7.01. The maximum Gasteiger partial charge on any atom is 0.322 e. The Bertz CT molecular complexity index is 1010. The van der Waals surface area contributed by atoms with E-state index in [1.54, 1.807) is 31.4 Å². The fourth-order valence-electron chi connectivity index (χ4n) is 2.99. The van der Waals surface area contributed by atoms with E-state index in [2.05, 4.69) is 15.5 Å². The van der Waals surface area contributed by atoms with Crippen LogP contribution in [-0.2, 0) is 11.2 Å². The third-order valence-corrected chi connectivity index (χ3v) is 4.35. The largest absolute Gasteiger partial charge is 0.497 e. The molecule has 0 bridgehead atoms. The molecule has 9 heteroatoms. The molecule has 0 unspecified atom stereocenters. The average molecular weight is 441 g/mol. The number of methoxy groups -OCH3 is 1. The number of anilines is 1. The maximum absolute atomic E-state index is 12.4. The molecular formula is C23H27N3O6. The van der Waals surface area contributed by atoms with Gasteiger partial charge in [0, 0.05) is 5.56 Å². The molecule has 0 aliphatic rings. The molecule has 0 spiro atoms. The van der Waals surface area contributed by atoms with Crippen LogP contribution in [0, 0.1) is 0 Å². The highest BCUT2D eigenvalue weighted by Crippen LogP contribution is 2.41. The number of ether oxygens (including phenoxy) is 4. The van der Waals surface area contributed by atoms with Gasteiger partial charge in [-0.15, -0.1) is 5.10 Å². The zero-order valence-electron chi connectivity index (χ0n) is 18.6. The van der Waals surface area contributed by atoms with E-state index in [1.165, 1.54) is 0 Å². The average Bonchev–Trinajstić information content (AvgIpc) is 3.25. The van der Waals surface area contributed by atoms with Gasteiger partial charge in [-0.25, -0.2) is 0 Å². The SMILES string of the molecule is CCOc1cc(-c2nnc(NC(=O)Cc3ccc(OC)cc3)o2)cc(OCC)c1OCC. The Morgan fingerprint density at radius 1 is 0.938 bits per heavy atom. The Balaban J connectivity index is 1.77. The maximum atomic E-state index is 12.4. The molecular weight excluding hydrogens is 414 g/mol. The van der Waals surface area contributed by atoms with Crippen LogP contribution in [0.25, 0.3) is 11.5 Å². The Morgan fingerprint density at radius 3 is 2.12 bits per heavy atom. The molecule has 32 heavy (non-hydrogen) atoms. The summed E-state index contributed by atoms with van der Waals surface area (Å²) in [6.07, 6.45) is 0.160. The number of rotatable bonds is 11. The number of benzene rings is 2.